The van der Waals surface area contributed by atoms with Crippen LogP contribution in [0.4, 0.5) is 11.4 Å². The van der Waals surface area contributed by atoms with Gasteiger partial charge in [0.05, 0.1) is 17.4 Å². The second-order valence-electron chi connectivity index (χ2n) is 7.63. The minimum Gasteiger partial charge on any atom is -0.397 e. The zero-order valence-electron chi connectivity index (χ0n) is 17.5. The highest BCUT2D eigenvalue weighted by Crippen LogP contribution is 2.19. The molecule has 3 aromatic carbocycles. The standard InChI is InChI=1S/C25H25N5O2/c26-20-6-2-4-8-23(20)30-24(31)17-11-9-16(10-12-17)14-29-25(32)21(27)13-18-15-28-22-7-3-1-5-19(18)22/h1-12,15,21,28H,13-14,26-27H2,(H,29,32)(H,30,31). The summed E-state index contributed by atoms with van der Waals surface area (Å²) in [6, 6.07) is 21.4. The van der Waals surface area contributed by atoms with Gasteiger partial charge in [0, 0.05) is 29.2 Å². The number of H-pyrrole nitrogens is 1. The van der Waals surface area contributed by atoms with Gasteiger partial charge in [0.2, 0.25) is 5.91 Å². The van der Waals surface area contributed by atoms with E-state index in [9.17, 15) is 9.59 Å². The Morgan fingerprint density at radius 3 is 2.44 bits per heavy atom. The maximum atomic E-state index is 12.5. The summed E-state index contributed by atoms with van der Waals surface area (Å²) >= 11 is 0. The van der Waals surface area contributed by atoms with Crippen LogP contribution >= 0.6 is 0 Å². The molecular weight excluding hydrogens is 402 g/mol. The van der Waals surface area contributed by atoms with E-state index in [-0.39, 0.29) is 11.8 Å². The number of aromatic nitrogens is 1. The highest BCUT2D eigenvalue weighted by Gasteiger charge is 2.16. The van der Waals surface area contributed by atoms with Crippen LogP contribution in [0, 0.1) is 0 Å². The summed E-state index contributed by atoms with van der Waals surface area (Å²) in [5.41, 5.74) is 16.5. The average Bonchev–Trinajstić information content (AvgIpc) is 3.22. The first-order valence-electron chi connectivity index (χ1n) is 10.3. The Labute approximate surface area is 185 Å². The van der Waals surface area contributed by atoms with Gasteiger partial charge in [-0.15, -0.1) is 0 Å². The molecule has 0 fully saturated rings. The molecule has 4 aromatic rings. The molecule has 162 valence electrons. The molecule has 7 nitrogen and oxygen atoms in total. The number of fused-ring (bicyclic) bond motifs is 1. The first kappa shape index (κ1) is 21.1. The van der Waals surface area contributed by atoms with Crippen LogP contribution < -0.4 is 22.1 Å². The Bertz CT molecular complexity index is 1250. The predicted octanol–water partition coefficient (Wildman–Crippen LogP) is 3.19. The smallest absolute Gasteiger partial charge is 0.255 e. The molecule has 1 heterocycles. The van der Waals surface area contributed by atoms with Crippen LogP contribution in [-0.2, 0) is 17.8 Å². The topological polar surface area (TPSA) is 126 Å². The summed E-state index contributed by atoms with van der Waals surface area (Å²) in [6.45, 7) is 0.327. The molecule has 4 rings (SSSR count). The molecule has 0 saturated heterocycles. The summed E-state index contributed by atoms with van der Waals surface area (Å²) in [5, 5.41) is 6.73. The SMILES string of the molecule is Nc1ccccc1NC(=O)c1ccc(CNC(=O)C(N)Cc2c[nH]c3ccccc23)cc1. The van der Waals surface area contributed by atoms with E-state index in [2.05, 4.69) is 15.6 Å². The fraction of sp³-hybridized carbons (Fsp3) is 0.120. The number of aromatic amines is 1. The largest absolute Gasteiger partial charge is 0.397 e. The lowest BCUT2D eigenvalue weighted by molar-refractivity contribution is -0.122. The van der Waals surface area contributed by atoms with Gasteiger partial charge < -0.3 is 27.1 Å². The van der Waals surface area contributed by atoms with Crippen molar-refractivity contribution in [2.45, 2.75) is 19.0 Å². The lowest BCUT2D eigenvalue weighted by atomic mass is 10.0. The van der Waals surface area contributed by atoms with Gasteiger partial charge in [-0.05, 0) is 47.9 Å². The van der Waals surface area contributed by atoms with E-state index < -0.39 is 6.04 Å². The number of hydrogen-bond donors (Lipinski definition) is 5. The van der Waals surface area contributed by atoms with Crippen molar-refractivity contribution in [3.8, 4) is 0 Å². The van der Waals surface area contributed by atoms with Gasteiger partial charge in [-0.25, -0.2) is 0 Å². The molecule has 0 spiro atoms. The van der Waals surface area contributed by atoms with Crippen LogP contribution in [0.3, 0.4) is 0 Å². The number of carbonyl (C=O) groups excluding carboxylic acids is 2. The highest BCUT2D eigenvalue weighted by molar-refractivity contribution is 6.05. The minimum absolute atomic E-state index is 0.225. The first-order valence-corrected chi connectivity index (χ1v) is 10.3. The number of benzene rings is 3. The third-order valence-electron chi connectivity index (χ3n) is 5.34. The summed E-state index contributed by atoms with van der Waals surface area (Å²) in [7, 11) is 0. The first-order chi connectivity index (χ1) is 15.5. The fourth-order valence-corrected chi connectivity index (χ4v) is 3.53. The Hall–Kier alpha value is -4.10. The van der Waals surface area contributed by atoms with Crippen molar-refractivity contribution in [2.24, 2.45) is 5.73 Å². The van der Waals surface area contributed by atoms with Crippen LogP contribution in [0.1, 0.15) is 21.5 Å². The molecule has 0 radical (unpaired) electrons. The van der Waals surface area contributed by atoms with Gasteiger partial charge in [-0.2, -0.15) is 0 Å². The third kappa shape index (κ3) is 4.79. The number of anilines is 2. The van der Waals surface area contributed by atoms with Crippen molar-refractivity contribution < 1.29 is 9.59 Å². The zero-order chi connectivity index (χ0) is 22.5. The molecule has 0 saturated carbocycles. The monoisotopic (exact) mass is 427 g/mol. The van der Waals surface area contributed by atoms with Crippen molar-refractivity contribution in [1.29, 1.82) is 0 Å². The number of carbonyl (C=O) groups is 2. The van der Waals surface area contributed by atoms with Crippen LogP contribution in [0.25, 0.3) is 10.9 Å². The van der Waals surface area contributed by atoms with Crippen molar-refractivity contribution in [2.75, 3.05) is 11.1 Å². The molecule has 32 heavy (non-hydrogen) atoms. The Balaban J connectivity index is 1.31. The highest BCUT2D eigenvalue weighted by atomic mass is 16.2. The van der Waals surface area contributed by atoms with Crippen LogP contribution in [0.5, 0.6) is 0 Å². The molecule has 2 amide bonds. The van der Waals surface area contributed by atoms with E-state index in [0.29, 0.717) is 29.9 Å². The number of amides is 2. The van der Waals surface area contributed by atoms with Crippen molar-refractivity contribution in [1.82, 2.24) is 10.3 Å². The Morgan fingerprint density at radius 1 is 0.938 bits per heavy atom. The molecular formula is C25H25N5O2. The molecule has 0 aliphatic carbocycles. The number of nitrogens with two attached hydrogens (primary N) is 2. The quantitative estimate of drug-likeness (QED) is 0.290. The van der Waals surface area contributed by atoms with Crippen LogP contribution in [0.15, 0.2) is 79.0 Å². The van der Waals surface area contributed by atoms with E-state index in [0.717, 1.165) is 22.0 Å². The summed E-state index contributed by atoms with van der Waals surface area (Å²) < 4.78 is 0. The molecule has 0 aliphatic heterocycles. The van der Waals surface area contributed by atoms with Crippen LogP contribution in [0.2, 0.25) is 0 Å². The Kier molecular flexibility index (Phi) is 6.19. The molecule has 1 unspecified atom stereocenters. The molecule has 1 aromatic heterocycles. The van der Waals surface area contributed by atoms with Crippen molar-refractivity contribution >= 4 is 34.1 Å². The predicted molar refractivity (Wildman–Crippen MR) is 127 cm³/mol. The number of rotatable bonds is 7. The number of nitrogens with one attached hydrogen (secondary N) is 3. The van der Waals surface area contributed by atoms with Gasteiger partial charge in [-0.3, -0.25) is 9.59 Å². The van der Waals surface area contributed by atoms with Gasteiger partial charge in [0.15, 0.2) is 0 Å². The molecule has 0 bridgehead atoms. The van der Waals surface area contributed by atoms with E-state index in [4.69, 9.17) is 11.5 Å². The van der Waals surface area contributed by atoms with E-state index in [1.807, 2.05) is 30.5 Å². The summed E-state index contributed by atoms with van der Waals surface area (Å²) in [5.74, 6) is -0.476. The number of nitrogen functional groups attached to an aromatic ring is 1. The van der Waals surface area contributed by atoms with Gasteiger partial charge in [-0.1, -0.05) is 42.5 Å². The van der Waals surface area contributed by atoms with Gasteiger partial charge in [0.1, 0.15) is 0 Å². The summed E-state index contributed by atoms with van der Waals surface area (Å²) in [6.07, 6.45) is 2.34. The van der Waals surface area contributed by atoms with E-state index in [1.165, 1.54) is 0 Å². The molecule has 7 heteroatoms. The fourth-order valence-electron chi connectivity index (χ4n) is 3.53. The van der Waals surface area contributed by atoms with Crippen molar-refractivity contribution in [3.05, 3.63) is 95.7 Å². The molecule has 0 aliphatic rings. The van der Waals surface area contributed by atoms with Crippen LogP contribution in [-0.4, -0.2) is 22.8 Å². The van der Waals surface area contributed by atoms with E-state index >= 15 is 0 Å². The minimum atomic E-state index is -0.657. The second kappa shape index (κ2) is 9.36. The number of hydrogen-bond acceptors (Lipinski definition) is 4. The number of para-hydroxylation sites is 3. The molecule has 1 atom stereocenters. The third-order valence-corrected chi connectivity index (χ3v) is 5.34. The summed E-state index contributed by atoms with van der Waals surface area (Å²) in [4.78, 5) is 28.1. The van der Waals surface area contributed by atoms with Gasteiger partial charge in [0.25, 0.3) is 5.91 Å². The lowest BCUT2D eigenvalue weighted by Gasteiger charge is -2.12. The zero-order valence-corrected chi connectivity index (χ0v) is 17.5. The van der Waals surface area contributed by atoms with Gasteiger partial charge >= 0.3 is 0 Å². The maximum absolute atomic E-state index is 12.5. The normalized spacial score (nSPS) is 11.8. The Morgan fingerprint density at radius 2 is 1.66 bits per heavy atom. The van der Waals surface area contributed by atoms with Crippen molar-refractivity contribution in [3.63, 3.8) is 0 Å². The maximum Gasteiger partial charge on any atom is 0.255 e. The average molecular weight is 428 g/mol. The second-order valence-corrected chi connectivity index (χ2v) is 7.63. The van der Waals surface area contributed by atoms with E-state index in [1.54, 1.807) is 48.5 Å². The lowest BCUT2D eigenvalue weighted by Crippen LogP contribution is -2.41. The molecule has 7 N–H and O–H groups in total.